The molecular formula is C15H22N2O2. The highest BCUT2D eigenvalue weighted by Crippen LogP contribution is 2.10. The topological polar surface area (TPSA) is 50.4 Å². The van der Waals surface area contributed by atoms with Gasteiger partial charge in [0.05, 0.1) is 12.6 Å². The molecule has 0 bridgehead atoms. The maximum atomic E-state index is 11.7. The number of amides is 1. The van der Waals surface area contributed by atoms with Crippen LogP contribution in [0, 0.1) is 0 Å². The molecule has 1 fully saturated rings. The summed E-state index contributed by atoms with van der Waals surface area (Å²) < 4.78 is 5.44. The number of carbonyl (C=O) groups excluding carboxylic acids is 1. The van der Waals surface area contributed by atoms with Gasteiger partial charge in [0, 0.05) is 6.04 Å². The molecule has 2 N–H and O–H groups in total. The van der Waals surface area contributed by atoms with Crippen molar-refractivity contribution in [2.24, 2.45) is 0 Å². The fourth-order valence-corrected chi connectivity index (χ4v) is 2.30. The maximum Gasteiger partial charge on any atom is 0.246 e. The van der Waals surface area contributed by atoms with E-state index in [0.29, 0.717) is 12.6 Å². The Kier molecular flexibility index (Phi) is 5.36. The number of rotatable bonds is 6. The van der Waals surface area contributed by atoms with E-state index in [1.807, 2.05) is 37.3 Å². The molecule has 1 saturated heterocycles. The first-order valence-electron chi connectivity index (χ1n) is 6.91. The van der Waals surface area contributed by atoms with Crippen molar-refractivity contribution in [1.82, 2.24) is 10.6 Å². The lowest BCUT2D eigenvalue weighted by Crippen LogP contribution is -2.33. The molecule has 4 heteroatoms. The van der Waals surface area contributed by atoms with E-state index in [1.54, 1.807) is 0 Å². The molecule has 1 aromatic carbocycles. The molecule has 19 heavy (non-hydrogen) atoms. The Morgan fingerprint density at radius 3 is 2.95 bits per heavy atom. The van der Waals surface area contributed by atoms with Crippen LogP contribution in [-0.2, 0) is 9.53 Å². The van der Waals surface area contributed by atoms with Crippen molar-refractivity contribution in [1.29, 1.82) is 0 Å². The van der Waals surface area contributed by atoms with E-state index in [9.17, 15) is 4.79 Å². The fraction of sp³-hybridized carbons (Fsp3) is 0.533. The lowest BCUT2D eigenvalue weighted by atomic mass is 10.1. The highest BCUT2D eigenvalue weighted by Gasteiger charge is 2.15. The number of ether oxygens (including phenoxy) is 1. The Bertz CT molecular complexity index is 388. The van der Waals surface area contributed by atoms with Gasteiger partial charge in [-0.05, 0) is 31.9 Å². The van der Waals surface area contributed by atoms with Crippen LogP contribution in [0.3, 0.4) is 0 Å². The number of benzene rings is 1. The predicted molar refractivity (Wildman–Crippen MR) is 74.8 cm³/mol. The van der Waals surface area contributed by atoms with Crippen LogP contribution in [0.5, 0.6) is 0 Å². The fourth-order valence-electron chi connectivity index (χ4n) is 2.30. The van der Waals surface area contributed by atoms with Gasteiger partial charge < -0.3 is 15.4 Å². The lowest BCUT2D eigenvalue weighted by Gasteiger charge is -2.15. The van der Waals surface area contributed by atoms with Crippen molar-refractivity contribution in [2.75, 3.05) is 19.8 Å². The van der Waals surface area contributed by atoms with E-state index in [2.05, 4.69) is 10.6 Å². The number of hydrogen-bond donors (Lipinski definition) is 2. The van der Waals surface area contributed by atoms with Crippen molar-refractivity contribution >= 4 is 5.91 Å². The van der Waals surface area contributed by atoms with Crippen LogP contribution < -0.4 is 10.6 Å². The highest BCUT2D eigenvalue weighted by molar-refractivity contribution is 5.77. The van der Waals surface area contributed by atoms with Crippen molar-refractivity contribution in [3.05, 3.63) is 35.9 Å². The minimum absolute atomic E-state index is 0.0157. The van der Waals surface area contributed by atoms with E-state index in [-0.39, 0.29) is 18.6 Å². The summed E-state index contributed by atoms with van der Waals surface area (Å²) in [4.78, 5) is 11.7. The van der Waals surface area contributed by atoms with Gasteiger partial charge in [0.15, 0.2) is 0 Å². The molecule has 104 valence electrons. The number of carbonyl (C=O) groups is 1. The van der Waals surface area contributed by atoms with E-state index in [1.165, 1.54) is 6.42 Å². The van der Waals surface area contributed by atoms with Crippen LogP contribution >= 0.6 is 0 Å². The highest BCUT2D eigenvalue weighted by atomic mass is 16.5. The van der Waals surface area contributed by atoms with Crippen LogP contribution in [0.1, 0.15) is 31.4 Å². The number of hydrogen-bond acceptors (Lipinski definition) is 3. The third-order valence-corrected chi connectivity index (χ3v) is 3.39. The first kappa shape index (κ1) is 14.0. The smallest absolute Gasteiger partial charge is 0.246 e. The molecule has 0 radical (unpaired) electrons. The van der Waals surface area contributed by atoms with E-state index < -0.39 is 0 Å². The SMILES string of the molecule is CC(NC(=O)COC[C@@H]1CCCN1)c1ccccc1. The Balaban J connectivity index is 1.66. The Morgan fingerprint density at radius 1 is 1.47 bits per heavy atom. The third-order valence-electron chi connectivity index (χ3n) is 3.39. The summed E-state index contributed by atoms with van der Waals surface area (Å²) in [5.74, 6) is -0.0608. The Labute approximate surface area is 114 Å². The monoisotopic (exact) mass is 262 g/mol. The van der Waals surface area contributed by atoms with Crippen molar-refractivity contribution in [3.63, 3.8) is 0 Å². The molecule has 1 heterocycles. The minimum atomic E-state index is -0.0608. The summed E-state index contributed by atoms with van der Waals surface area (Å²) >= 11 is 0. The third kappa shape index (κ3) is 4.65. The second-order valence-corrected chi connectivity index (χ2v) is 5.01. The van der Waals surface area contributed by atoms with Crippen LogP contribution in [-0.4, -0.2) is 31.7 Å². The standard InChI is InChI=1S/C15H22N2O2/c1-12(13-6-3-2-4-7-13)17-15(18)11-19-10-14-8-5-9-16-14/h2-4,6-7,12,14,16H,5,8-11H2,1H3,(H,17,18)/t12?,14-/m0/s1. The molecule has 4 nitrogen and oxygen atoms in total. The van der Waals surface area contributed by atoms with Gasteiger partial charge >= 0.3 is 0 Å². The van der Waals surface area contributed by atoms with Gasteiger partial charge in [-0.1, -0.05) is 30.3 Å². The van der Waals surface area contributed by atoms with Gasteiger partial charge in [0.25, 0.3) is 0 Å². The van der Waals surface area contributed by atoms with Gasteiger partial charge in [-0.3, -0.25) is 4.79 Å². The average Bonchev–Trinajstić information content (AvgIpc) is 2.93. The average molecular weight is 262 g/mol. The van der Waals surface area contributed by atoms with Gasteiger partial charge in [-0.25, -0.2) is 0 Å². The zero-order chi connectivity index (χ0) is 13.5. The zero-order valence-corrected chi connectivity index (χ0v) is 11.4. The molecule has 0 aliphatic carbocycles. The summed E-state index contributed by atoms with van der Waals surface area (Å²) in [5, 5.41) is 6.28. The zero-order valence-electron chi connectivity index (χ0n) is 11.4. The molecule has 0 spiro atoms. The quantitative estimate of drug-likeness (QED) is 0.819. The minimum Gasteiger partial charge on any atom is -0.370 e. The molecule has 2 rings (SSSR count). The predicted octanol–water partition coefficient (Wildman–Crippen LogP) is 1.63. The summed E-state index contributed by atoms with van der Waals surface area (Å²) in [6.07, 6.45) is 2.34. The molecule has 1 aliphatic heterocycles. The largest absolute Gasteiger partial charge is 0.370 e. The van der Waals surface area contributed by atoms with E-state index >= 15 is 0 Å². The summed E-state index contributed by atoms with van der Waals surface area (Å²) in [6, 6.07) is 10.4. The van der Waals surface area contributed by atoms with Gasteiger partial charge in [-0.15, -0.1) is 0 Å². The summed E-state index contributed by atoms with van der Waals surface area (Å²) in [7, 11) is 0. The van der Waals surface area contributed by atoms with E-state index in [4.69, 9.17) is 4.74 Å². The summed E-state index contributed by atoms with van der Waals surface area (Å²) in [5.41, 5.74) is 1.10. The molecule has 0 aromatic heterocycles. The number of nitrogens with one attached hydrogen (secondary N) is 2. The molecule has 0 saturated carbocycles. The second-order valence-electron chi connectivity index (χ2n) is 5.01. The molecule has 1 amide bonds. The molecular weight excluding hydrogens is 240 g/mol. The molecule has 1 aliphatic rings. The van der Waals surface area contributed by atoms with E-state index in [0.717, 1.165) is 18.5 Å². The van der Waals surface area contributed by atoms with Crippen molar-refractivity contribution in [2.45, 2.75) is 31.8 Å². The van der Waals surface area contributed by atoms with Crippen LogP contribution in [0.25, 0.3) is 0 Å². The van der Waals surface area contributed by atoms with Crippen molar-refractivity contribution in [3.8, 4) is 0 Å². The van der Waals surface area contributed by atoms with Gasteiger partial charge in [0.2, 0.25) is 5.91 Å². The lowest BCUT2D eigenvalue weighted by molar-refractivity contribution is -0.126. The van der Waals surface area contributed by atoms with Crippen LogP contribution in [0.15, 0.2) is 30.3 Å². The van der Waals surface area contributed by atoms with Crippen LogP contribution in [0.2, 0.25) is 0 Å². The summed E-state index contributed by atoms with van der Waals surface area (Å²) in [6.45, 7) is 3.79. The van der Waals surface area contributed by atoms with Crippen LogP contribution in [0.4, 0.5) is 0 Å². The molecule has 2 atom stereocenters. The van der Waals surface area contributed by atoms with Gasteiger partial charge in [0.1, 0.15) is 6.61 Å². The first-order valence-corrected chi connectivity index (χ1v) is 6.91. The first-order chi connectivity index (χ1) is 9.25. The van der Waals surface area contributed by atoms with Crippen molar-refractivity contribution < 1.29 is 9.53 Å². The Morgan fingerprint density at radius 2 is 2.26 bits per heavy atom. The molecule has 1 aromatic rings. The Hall–Kier alpha value is -1.39. The maximum absolute atomic E-state index is 11.7. The second kappa shape index (κ2) is 7.26. The normalized spacial score (nSPS) is 20.2. The molecule has 1 unspecified atom stereocenters. The van der Waals surface area contributed by atoms with Gasteiger partial charge in [-0.2, -0.15) is 0 Å².